The van der Waals surface area contributed by atoms with Crippen LogP contribution in [0.25, 0.3) is 22.2 Å². The number of aromatic nitrogens is 5. The smallest absolute Gasteiger partial charge is 0.325 e. The van der Waals surface area contributed by atoms with Crippen LogP contribution in [0.4, 0.5) is 16.3 Å². The Hall–Kier alpha value is -4.17. The molecule has 5 aromatic rings. The molecular weight excluding hydrogens is 462 g/mol. The van der Waals surface area contributed by atoms with E-state index in [0.717, 1.165) is 40.7 Å². The SMILES string of the molecule is NC(=O)N(c1cccc(Cl)c1)c1n[nH]c2ccc(-c3nnn(Cc4ccccc4)c3C3CC3)cc12. The van der Waals surface area contributed by atoms with Crippen LogP contribution in [0.2, 0.25) is 5.02 Å². The van der Waals surface area contributed by atoms with Gasteiger partial charge >= 0.3 is 6.03 Å². The van der Waals surface area contributed by atoms with E-state index in [4.69, 9.17) is 17.3 Å². The second kappa shape index (κ2) is 8.56. The highest BCUT2D eigenvalue weighted by Crippen LogP contribution is 2.44. The largest absolute Gasteiger partial charge is 0.351 e. The average Bonchev–Trinajstić information content (AvgIpc) is 3.49. The van der Waals surface area contributed by atoms with Crippen LogP contribution in [-0.4, -0.2) is 31.2 Å². The minimum Gasteiger partial charge on any atom is -0.351 e. The number of carbonyl (C=O) groups is 1. The lowest BCUT2D eigenvalue weighted by Crippen LogP contribution is -2.31. The minimum absolute atomic E-state index is 0.404. The van der Waals surface area contributed by atoms with Crippen molar-refractivity contribution in [3.05, 3.63) is 89.1 Å². The monoisotopic (exact) mass is 483 g/mol. The van der Waals surface area contributed by atoms with Crippen molar-refractivity contribution in [2.45, 2.75) is 25.3 Å². The number of rotatable bonds is 6. The van der Waals surface area contributed by atoms with E-state index in [9.17, 15) is 4.79 Å². The van der Waals surface area contributed by atoms with E-state index in [1.165, 1.54) is 10.5 Å². The minimum atomic E-state index is -0.654. The van der Waals surface area contributed by atoms with E-state index in [-0.39, 0.29) is 0 Å². The summed E-state index contributed by atoms with van der Waals surface area (Å²) in [7, 11) is 0. The molecule has 8 nitrogen and oxygen atoms in total. The molecule has 0 spiro atoms. The summed E-state index contributed by atoms with van der Waals surface area (Å²) in [6.07, 6.45) is 2.25. The van der Waals surface area contributed by atoms with Gasteiger partial charge in [0, 0.05) is 21.9 Å². The molecule has 0 aliphatic heterocycles. The van der Waals surface area contributed by atoms with Gasteiger partial charge in [0.15, 0.2) is 5.82 Å². The molecule has 2 amide bonds. The second-order valence-electron chi connectivity index (χ2n) is 8.70. The van der Waals surface area contributed by atoms with Gasteiger partial charge in [-0.05, 0) is 48.7 Å². The Bertz CT molecular complexity index is 1540. The normalized spacial score (nSPS) is 13.3. The molecule has 1 fully saturated rings. The van der Waals surface area contributed by atoms with Crippen LogP contribution < -0.4 is 10.6 Å². The molecule has 0 bridgehead atoms. The van der Waals surface area contributed by atoms with Gasteiger partial charge in [-0.1, -0.05) is 59.3 Å². The van der Waals surface area contributed by atoms with Gasteiger partial charge in [-0.25, -0.2) is 14.4 Å². The van der Waals surface area contributed by atoms with E-state index in [1.807, 2.05) is 41.1 Å². The number of nitrogens with two attached hydrogens (primary N) is 1. The molecule has 1 saturated carbocycles. The summed E-state index contributed by atoms with van der Waals surface area (Å²) in [5.41, 5.74) is 11.2. The van der Waals surface area contributed by atoms with Gasteiger partial charge in [0.25, 0.3) is 0 Å². The van der Waals surface area contributed by atoms with E-state index in [0.29, 0.717) is 29.0 Å². The fourth-order valence-electron chi connectivity index (χ4n) is 4.45. The number of hydrogen-bond donors (Lipinski definition) is 2. The number of benzene rings is 3. The summed E-state index contributed by atoms with van der Waals surface area (Å²) < 4.78 is 2.00. The molecule has 0 unspecified atom stereocenters. The first kappa shape index (κ1) is 21.4. The molecular formula is C26H22ClN7O. The van der Waals surface area contributed by atoms with Crippen LogP contribution in [0.1, 0.15) is 30.0 Å². The number of H-pyrrole nitrogens is 1. The topological polar surface area (TPSA) is 106 Å². The molecule has 2 aromatic heterocycles. The lowest BCUT2D eigenvalue weighted by Gasteiger charge is -2.18. The predicted octanol–water partition coefficient (Wildman–Crippen LogP) is 5.62. The van der Waals surface area contributed by atoms with Crippen molar-refractivity contribution in [1.82, 2.24) is 25.2 Å². The van der Waals surface area contributed by atoms with Gasteiger partial charge in [0.2, 0.25) is 0 Å². The number of fused-ring (bicyclic) bond motifs is 1. The third-order valence-electron chi connectivity index (χ3n) is 6.23. The third-order valence-corrected chi connectivity index (χ3v) is 6.46. The summed E-state index contributed by atoms with van der Waals surface area (Å²) in [5.74, 6) is 0.845. The van der Waals surface area contributed by atoms with Gasteiger partial charge in [0.05, 0.1) is 23.4 Å². The molecule has 0 radical (unpaired) electrons. The van der Waals surface area contributed by atoms with Gasteiger partial charge in [-0.2, -0.15) is 5.10 Å². The molecule has 1 aliphatic rings. The number of aromatic amines is 1. The van der Waals surface area contributed by atoms with E-state index >= 15 is 0 Å². The van der Waals surface area contributed by atoms with E-state index < -0.39 is 6.03 Å². The molecule has 0 atom stereocenters. The van der Waals surface area contributed by atoms with Crippen LogP contribution in [0, 0.1) is 0 Å². The van der Waals surface area contributed by atoms with E-state index in [1.54, 1.807) is 24.3 Å². The average molecular weight is 484 g/mol. The van der Waals surface area contributed by atoms with Crippen LogP contribution in [0.3, 0.4) is 0 Å². The molecule has 2 heterocycles. The molecule has 0 saturated heterocycles. The number of anilines is 2. The molecule has 6 rings (SSSR count). The van der Waals surface area contributed by atoms with Gasteiger partial charge in [-0.15, -0.1) is 5.10 Å². The first-order valence-electron chi connectivity index (χ1n) is 11.4. The Morgan fingerprint density at radius 1 is 1.09 bits per heavy atom. The highest BCUT2D eigenvalue weighted by molar-refractivity contribution is 6.31. The summed E-state index contributed by atoms with van der Waals surface area (Å²) in [6, 6.07) is 22.5. The number of hydrogen-bond acceptors (Lipinski definition) is 4. The number of primary amides is 1. The van der Waals surface area contributed by atoms with Crippen molar-refractivity contribution < 1.29 is 4.79 Å². The summed E-state index contributed by atoms with van der Waals surface area (Å²) in [5, 5.41) is 17.7. The fourth-order valence-corrected chi connectivity index (χ4v) is 4.63. The molecule has 3 aromatic carbocycles. The maximum atomic E-state index is 12.5. The lowest BCUT2D eigenvalue weighted by molar-refractivity contribution is 0.256. The van der Waals surface area contributed by atoms with Crippen LogP contribution >= 0.6 is 11.6 Å². The number of amides is 2. The van der Waals surface area contributed by atoms with Crippen molar-refractivity contribution in [2.75, 3.05) is 4.90 Å². The summed E-state index contributed by atoms with van der Waals surface area (Å²) >= 11 is 6.17. The number of nitrogens with one attached hydrogen (secondary N) is 1. The van der Waals surface area contributed by atoms with Crippen LogP contribution in [0.5, 0.6) is 0 Å². The molecule has 3 N–H and O–H groups in total. The van der Waals surface area contributed by atoms with E-state index in [2.05, 4.69) is 32.6 Å². The number of halogens is 1. The maximum absolute atomic E-state index is 12.5. The van der Waals surface area contributed by atoms with Crippen LogP contribution in [-0.2, 0) is 6.54 Å². The summed E-state index contributed by atoms with van der Waals surface area (Å²) in [4.78, 5) is 13.8. The Labute approximate surface area is 206 Å². The zero-order valence-electron chi connectivity index (χ0n) is 18.7. The quantitative estimate of drug-likeness (QED) is 0.327. The Morgan fingerprint density at radius 3 is 2.66 bits per heavy atom. The van der Waals surface area contributed by atoms with Crippen molar-refractivity contribution >= 4 is 40.0 Å². The maximum Gasteiger partial charge on any atom is 0.325 e. The highest BCUT2D eigenvalue weighted by atomic mass is 35.5. The number of carbonyl (C=O) groups excluding carboxylic acids is 1. The second-order valence-corrected chi connectivity index (χ2v) is 9.14. The number of urea groups is 1. The molecule has 35 heavy (non-hydrogen) atoms. The molecule has 1 aliphatic carbocycles. The Kier molecular flexibility index (Phi) is 5.22. The molecule has 174 valence electrons. The van der Waals surface area contributed by atoms with Gasteiger partial charge in [0.1, 0.15) is 5.69 Å². The Morgan fingerprint density at radius 2 is 1.91 bits per heavy atom. The Balaban J connectivity index is 1.44. The van der Waals surface area contributed by atoms with Crippen molar-refractivity contribution in [2.24, 2.45) is 5.73 Å². The van der Waals surface area contributed by atoms with Gasteiger partial charge < -0.3 is 5.73 Å². The fraction of sp³-hybridized carbons (Fsp3) is 0.154. The predicted molar refractivity (Wildman–Crippen MR) is 136 cm³/mol. The van der Waals surface area contributed by atoms with Crippen LogP contribution in [0.15, 0.2) is 72.8 Å². The first-order valence-corrected chi connectivity index (χ1v) is 11.8. The standard InChI is InChI=1S/C26H22ClN7O/c27-19-7-4-8-20(14-19)34(26(28)35)25-21-13-18(11-12-22(21)29-31-25)23-24(17-9-10-17)33(32-30-23)15-16-5-2-1-3-6-16/h1-8,11-14,17H,9-10,15H2,(H2,28,35)(H,29,31). The first-order chi connectivity index (χ1) is 17.1. The highest BCUT2D eigenvalue weighted by Gasteiger charge is 2.32. The summed E-state index contributed by atoms with van der Waals surface area (Å²) in [6.45, 7) is 0.670. The van der Waals surface area contributed by atoms with Crippen molar-refractivity contribution in [3.63, 3.8) is 0 Å². The lowest BCUT2D eigenvalue weighted by atomic mass is 10.0. The van der Waals surface area contributed by atoms with Crippen molar-refractivity contribution in [1.29, 1.82) is 0 Å². The molecule has 9 heteroatoms. The van der Waals surface area contributed by atoms with Crippen molar-refractivity contribution in [3.8, 4) is 11.3 Å². The zero-order valence-corrected chi connectivity index (χ0v) is 19.5. The zero-order chi connectivity index (χ0) is 23.9. The van der Waals surface area contributed by atoms with Gasteiger partial charge in [-0.3, -0.25) is 5.10 Å². The third kappa shape index (κ3) is 4.02. The number of nitrogens with zero attached hydrogens (tertiary/aromatic N) is 5.